The molecule has 20 heavy (non-hydrogen) atoms. The lowest BCUT2D eigenvalue weighted by molar-refractivity contribution is 0.197. The van der Waals surface area contributed by atoms with E-state index < -0.39 is 17.3 Å². The Labute approximate surface area is 120 Å². The lowest BCUT2D eigenvalue weighted by atomic mass is 10.0. The van der Waals surface area contributed by atoms with Gasteiger partial charge in [0.05, 0.1) is 12.3 Å². The van der Waals surface area contributed by atoms with E-state index in [-0.39, 0.29) is 18.8 Å². The van der Waals surface area contributed by atoms with Crippen LogP contribution in [0.5, 0.6) is 5.75 Å². The Hall–Kier alpha value is -1.82. The number of hydrogen-bond acceptors (Lipinski definition) is 4. The second kappa shape index (κ2) is 6.09. The van der Waals surface area contributed by atoms with Crippen molar-refractivity contribution >= 4 is 11.6 Å². The highest BCUT2D eigenvalue weighted by atomic mass is 35.5. The fourth-order valence-electron chi connectivity index (χ4n) is 1.97. The van der Waals surface area contributed by atoms with Gasteiger partial charge in [0, 0.05) is 23.8 Å². The van der Waals surface area contributed by atoms with E-state index in [2.05, 4.69) is 0 Å². The third-order valence-electron chi connectivity index (χ3n) is 2.98. The van der Waals surface area contributed by atoms with Gasteiger partial charge in [-0.05, 0) is 17.7 Å². The van der Waals surface area contributed by atoms with Crippen molar-refractivity contribution in [2.75, 3.05) is 6.61 Å². The third kappa shape index (κ3) is 2.85. The van der Waals surface area contributed by atoms with Crippen molar-refractivity contribution in [1.29, 1.82) is 0 Å². The zero-order chi connectivity index (χ0) is 14.7. The topological polar surface area (TPSA) is 82.7 Å². The number of benzene rings is 1. The van der Waals surface area contributed by atoms with Crippen LogP contribution in [-0.2, 0) is 6.54 Å². The first-order valence-corrected chi connectivity index (χ1v) is 6.39. The zero-order valence-electron chi connectivity index (χ0n) is 10.5. The molecule has 0 amide bonds. The summed E-state index contributed by atoms with van der Waals surface area (Å²) in [4.78, 5) is 11.5. The highest BCUT2D eigenvalue weighted by molar-refractivity contribution is 6.30. The number of nitrogens with zero attached hydrogens (tertiary/aromatic N) is 1. The Kier molecular flexibility index (Phi) is 4.44. The number of aromatic nitrogens is 1. The van der Waals surface area contributed by atoms with Crippen LogP contribution in [0.15, 0.2) is 41.3 Å². The fourth-order valence-corrected chi connectivity index (χ4v) is 2.10. The van der Waals surface area contributed by atoms with Crippen LogP contribution in [0, 0.1) is 0 Å². The molecule has 5 nitrogen and oxygen atoms in total. The van der Waals surface area contributed by atoms with Gasteiger partial charge in [0.25, 0.3) is 0 Å². The SMILES string of the molecule is O=c1ccn(CCO)c(C(O)c2ccc(Cl)cc2)c1O. The lowest BCUT2D eigenvalue weighted by Crippen LogP contribution is -2.18. The Balaban J connectivity index is 2.52. The van der Waals surface area contributed by atoms with Crippen LogP contribution >= 0.6 is 11.6 Å². The summed E-state index contributed by atoms with van der Waals surface area (Å²) in [5, 5.41) is 29.8. The molecule has 0 aliphatic carbocycles. The second-order valence-corrected chi connectivity index (χ2v) is 4.72. The van der Waals surface area contributed by atoms with Crippen molar-refractivity contribution in [3.05, 3.63) is 63.0 Å². The van der Waals surface area contributed by atoms with Crippen LogP contribution in [0.2, 0.25) is 5.02 Å². The zero-order valence-corrected chi connectivity index (χ0v) is 11.3. The van der Waals surface area contributed by atoms with Gasteiger partial charge in [-0.2, -0.15) is 0 Å². The normalized spacial score (nSPS) is 12.3. The van der Waals surface area contributed by atoms with Gasteiger partial charge in [-0.15, -0.1) is 0 Å². The molecule has 0 aliphatic heterocycles. The summed E-state index contributed by atoms with van der Waals surface area (Å²) in [6.07, 6.45) is 0.236. The maximum atomic E-state index is 11.5. The van der Waals surface area contributed by atoms with Crippen LogP contribution < -0.4 is 5.43 Å². The number of hydrogen-bond donors (Lipinski definition) is 3. The Bertz CT molecular complexity index is 651. The Morgan fingerprint density at radius 2 is 1.85 bits per heavy atom. The van der Waals surface area contributed by atoms with Crippen LogP contribution in [0.1, 0.15) is 17.4 Å². The van der Waals surface area contributed by atoms with Crippen LogP contribution in [0.25, 0.3) is 0 Å². The van der Waals surface area contributed by atoms with Crippen LogP contribution in [0.4, 0.5) is 0 Å². The summed E-state index contributed by atoms with van der Waals surface area (Å²) in [7, 11) is 0. The van der Waals surface area contributed by atoms with E-state index in [9.17, 15) is 15.0 Å². The van der Waals surface area contributed by atoms with Crippen molar-refractivity contribution < 1.29 is 15.3 Å². The smallest absolute Gasteiger partial charge is 0.223 e. The maximum Gasteiger partial charge on any atom is 0.223 e. The second-order valence-electron chi connectivity index (χ2n) is 4.28. The molecule has 1 aromatic carbocycles. The first-order chi connectivity index (χ1) is 9.54. The van der Waals surface area contributed by atoms with E-state index in [1.165, 1.54) is 16.8 Å². The maximum absolute atomic E-state index is 11.5. The number of aliphatic hydroxyl groups excluding tert-OH is 2. The first-order valence-electron chi connectivity index (χ1n) is 6.01. The third-order valence-corrected chi connectivity index (χ3v) is 3.23. The van der Waals surface area contributed by atoms with Crippen molar-refractivity contribution in [2.24, 2.45) is 0 Å². The van der Waals surface area contributed by atoms with Crippen molar-refractivity contribution in [1.82, 2.24) is 4.57 Å². The molecule has 0 bridgehead atoms. The number of rotatable bonds is 4. The molecule has 1 atom stereocenters. The molecule has 1 aromatic heterocycles. The summed E-state index contributed by atoms with van der Waals surface area (Å²) in [6.45, 7) is -0.0174. The number of aromatic hydroxyl groups is 1. The molecule has 6 heteroatoms. The highest BCUT2D eigenvalue weighted by Crippen LogP contribution is 2.27. The summed E-state index contributed by atoms with van der Waals surface area (Å²) in [6, 6.07) is 7.60. The van der Waals surface area contributed by atoms with Gasteiger partial charge < -0.3 is 19.9 Å². The standard InChI is InChI=1S/C14H14ClNO4/c15-10-3-1-9(2-4-10)13(19)12-14(20)11(18)5-6-16(12)7-8-17/h1-6,13,17,19-20H,7-8H2. The molecule has 0 saturated heterocycles. The molecule has 106 valence electrons. The molecule has 1 heterocycles. The van der Waals surface area contributed by atoms with Gasteiger partial charge in [-0.1, -0.05) is 23.7 Å². The van der Waals surface area contributed by atoms with Gasteiger partial charge in [0.1, 0.15) is 6.10 Å². The molecule has 2 rings (SSSR count). The van der Waals surface area contributed by atoms with Gasteiger partial charge in [-0.3, -0.25) is 4.79 Å². The Morgan fingerprint density at radius 1 is 1.20 bits per heavy atom. The highest BCUT2D eigenvalue weighted by Gasteiger charge is 2.20. The molecule has 2 aromatic rings. The molecule has 3 N–H and O–H groups in total. The van der Waals surface area contributed by atoms with Crippen LogP contribution in [-0.4, -0.2) is 26.5 Å². The molecular formula is C14H14ClNO4. The van der Waals surface area contributed by atoms with Crippen LogP contribution in [0.3, 0.4) is 0 Å². The summed E-state index contributed by atoms with van der Waals surface area (Å²) in [5.74, 6) is -0.525. The summed E-state index contributed by atoms with van der Waals surface area (Å²) < 4.78 is 1.44. The quantitative estimate of drug-likeness (QED) is 0.793. The molecule has 0 spiro atoms. The average Bonchev–Trinajstić information content (AvgIpc) is 2.44. The summed E-state index contributed by atoms with van der Waals surface area (Å²) >= 11 is 5.78. The minimum atomic E-state index is -1.19. The van der Waals surface area contributed by atoms with E-state index in [4.69, 9.17) is 16.7 Å². The monoisotopic (exact) mass is 295 g/mol. The van der Waals surface area contributed by atoms with E-state index in [0.29, 0.717) is 10.6 Å². The molecule has 1 unspecified atom stereocenters. The molecule has 0 fully saturated rings. The predicted octanol–water partition coefficient (Wildman–Crippen LogP) is 1.28. The van der Waals surface area contributed by atoms with E-state index in [1.54, 1.807) is 24.3 Å². The van der Waals surface area contributed by atoms with Gasteiger partial charge in [0.15, 0.2) is 5.75 Å². The largest absolute Gasteiger partial charge is 0.503 e. The minimum Gasteiger partial charge on any atom is -0.503 e. The van der Waals surface area contributed by atoms with Gasteiger partial charge in [0.2, 0.25) is 5.43 Å². The number of halogens is 1. The predicted molar refractivity (Wildman–Crippen MR) is 75.0 cm³/mol. The van der Waals surface area contributed by atoms with Crippen molar-refractivity contribution in [2.45, 2.75) is 12.6 Å². The van der Waals surface area contributed by atoms with E-state index >= 15 is 0 Å². The van der Waals surface area contributed by atoms with E-state index in [0.717, 1.165) is 0 Å². The van der Waals surface area contributed by atoms with Crippen molar-refractivity contribution in [3.63, 3.8) is 0 Å². The van der Waals surface area contributed by atoms with E-state index in [1.807, 2.05) is 0 Å². The average molecular weight is 296 g/mol. The first kappa shape index (κ1) is 14.6. The lowest BCUT2D eigenvalue weighted by Gasteiger charge is -2.19. The minimum absolute atomic E-state index is 0.0499. The molecule has 0 radical (unpaired) electrons. The fraction of sp³-hybridized carbons (Fsp3) is 0.214. The number of pyridine rings is 1. The van der Waals surface area contributed by atoms with Gasteiger partial charge >= 0.3 is 0 Å². The van der Waals surface area contributed by atoms with Gasteiger partial charge in [-0.25, -0.2) is 0 Å². The number of aliphatic hydroxyl groups is 2. The summed E-state index contributed by atoms with van der Waals surface area (Å²) in [5.41, 5.74) is -0.0435. The van der Waals surface area contributed by atoms with Crippen molar-refractivity contribution in [3.8, 4) is 5.75 Å². The molecular weight excluding hydrogens is 282 g/mol. The Morgan fingerprint density at radius 3 is 2.45 bits per heavy atom. The molecule has 0 aliphatic rings. The molecule has 0 saturated carbocycles.